The summed E-state index contributed by atoms with van der Waals surface area (Å²) in [6.45, 7) is 13.7. The first kappa shape index (κ1) is 24.4. The van der Waals surface area contributed by atoms with E-state index >= 15 is 0 Å². The van der Waals surface area contributed by atoms with Gasteiger partial charge in [0.2, 0.25) is 5.95 Å². The normalized spacial score (nSPS) is 18.8. The molecule has 0 radical (unpaired) electrons. The number of nitrogens with zero attached hydrogens (tertiary/aromatic N) is 7. The predicted molar refractivity (Wildman–Crippen MR) is 135 cm³/mol. The van der Waals surface area contributed by atoms with Gasteiger partial charge in [-0.1, -0.05) is 11.2 Å². The van der Waals surface area contributed by atoms with Crippen LogP contribution < -0.4 is 4.90 Å². The summed E-state index contributed by atoms with van der Waals surface area (Å²) in [5.41, 5.74) is 5.43. The second-order valence-electron chi connectivity index (χ2n) is 9.30. The molecule has 0 amide bonds. The first-order chi connectivity index (χ1) is 16.1. The highest BCUT2D eigenvalue weighted by atomic mass is 35.5. The molecule has 2 saturated heterocycles. The van der Waals surface area contributed by atoms with Crippen LogP contribution in [0.2, 0.25) is 0 Å². The molecule has 2 fully saturated rings. The van der Waals surface area contributed by atoms with Crippen molar-refractivity contribution in [1.82, 2.24) is 29.8 Å². The molecule has 182 valence electrons. The number of likely N-dealkylation sites (tertiary alicyclic amines) is 1. The summed E-state index contributed by atoms with van der Waals surface area (Å²) in [5.74, 6) is 1.93. The lowest BCUT2D eigenvalue weighted by molar-refractivity contribution is 0.198. The molecular formula is C25H34ClN7O. The molecule has 3 aromatic heterocycles. The molecule has 0 saturated carbocycles. The maximum atomic E-state index is 5.63. The number of rotatable bonds is 7. The summed E-state index contributed by atoms with van der Waals surface area (Å²) in [7, 11) is 0. The van der Waals surface area contributed by atoms with Crippen LogP contribution in [0.5, 0.6) is 0 Å². The molecule has 0 N–H and O–H groups in total. The summed E-state index contributed by atoms with van der Waals surface area (Å²) >= 11 is 0. The van der Waals surface area contributed by atoms with E-state index in [1.807, 2.05) is 36.1 Å². The van der Waals surface area contributed by atoms with E-state index in [2.05, 4.69) is 33.6 Å². The largest absolute Gasteiger partial charge is 0.356 e. The van der Waals surface area contributed by atoms with Crippen LogP contribution in [0.4, 0.5) is 5.95 Å². The van der Waals surface area contributed by atoms with E-state index in [1.54, 1.807) is 0 Å². The van der Waals surface area contributed by atoms with Gasteiger partial charge >= 0.3 is 0 Å². The van der Waals surface area contributed by atoms with Crippen molar-refractivity contribution in [3.05, 3.63) is 53.8 Å². The minimum atomic E-state index is 0. The van der Waals surface area contributed by atoms with E-state index in [-0.39, 0.29) is 12.4 Å². The van der Waals surface area contributed by atoms with Crippen LogP contribution in [-0.4, -0.2) is 56.0 Å². The summed E-state index contributed by atoms with van der Waals surface area (Å²) in [6, 6.07) is 1.98. The standard InChI is InChI=1S/C25H33N7O.ClH/c1-4-9-32-19(3)21(14-27-32)17-30-10-7-8-20(16-30)24-22(23-13-18(2)29-33-23)15-26-25(28-24)31-11-5-6-12-31;/h4,13-15,20H,1,5-12,16-17H2,2-3H3;1H. The lowest BCUT2D eigenvalue weighted by Crippen LogP contribution is -2.35. The average Bonchev–Trinajstić information content (AvgIpc) is 3.58. The van der Waals surface area contributed by atoms with Gasteiger partial charge in [0.25, 0.3) is 0 Å². The number of hydrogen-bond acceptors (Lipinski definition) is 7. The first-order valence-electron chi connectivity index (χ1n) is 12.0. The fourth-order valence-corrected chi connectivity index (χ4v) is 5.06. The minimum absolute atomic E-state index is 0. The third-order valence-electron chi connectivity index (χ3n) is 6.88. The molecular weight excluding hydrogens is 450 g/mol. The number of hydrogen-bond donors (Lipinski definition) is 0. The average molecular weight is 484 g/mol. The van der Waals surface area contributed by atoms with Gasteiger partial charge in [0.1, 0.15) is 0 Å². The number of aryl methyl sites for hydroxylation is 1. The third kappa shape index (κ3) is 5.03. The number of aromatic nitrogens is 5. The Hall–Kier alpha value is -2.71. The molecule has 2 aliphatic heterocycles. The van der Waals surface area contributed by atoms with Gasteiger partial charge in [-0.05, 0) is 46.1 Å². The molecule has 34 heavy (non-hydrogen) atoms. The maximum absolute atomic E-state index is 5.63. The van der Waals surface area contributed by atoms with E-state index in [9.17, 15) is 0 Å². The molecule has 5 rings (SSSR count). The van der Waals surface area contributed by atoms with Crippen LogP contribution in [0.1, 0.15) is 54.2 Å². The highest BCUT2D eigenvalue weighted by molar-refractivity contribution is 5.85. The number of anilines is 1. The van der Waals surface area contributed by atoms with Crippen LogP contribution in [0.15, 0.2) is 35.6 Å². The van der Waals surface area contributed by atoms with Gasteiger partial charge in [0, 0.05) is 55.6 Å². The van der Waals surface area contributed by atoms with Crippen molar-refractivity contribution in [2.45, 2.75) is 58.5 Å². The van der Waals surface area contributed by atoms with E-state index in [0.717, 1.165) is 80.8 Å². The molecule has 9 heteroatoms. The fourth-order valence-electron chi connectivity index (χ4n) is 5.06. The first-order valence-corrected chi connectivity index (χ1v) is 12.0. The lowest BCUT2D eigenvalue weighted by Gasteiger charge is -2.33. The van der Waals surface area contributed by atoms with E-state index in [0.29, 0.717) is 5.92 Å². The van der Waals surface area contributed by atoms with Gasteiger partial charge in [-0.2, -0.15) is 5.10 Å². The Labute approximate surface area is 207 Å². The van der Waals surface area contributed by atoms with Crippen molar-refractivity contribution in [3.63, 3.8) is 0 Å². The summed E-state index contributed by atoms with van der Waals surface area (Å²) in [5, 5.41) is 8.64. The maximum Gasteiger partial charge on any atom is 0.225 e. The van der Waals surface area contributed by atoms with Crippen molar-refractivity contribution in [2.24, 2.45) is 0 Å². The smallest absolute Gasteiger partial charge is 0.225 e. The topological polar surface area (TPSA) is 76.1 Å². The summed E-state index contributed by atoms with van der Waals surface area (Å²) in [4.78, 5) is 14.7. The van der Waals surface area contributed by atoms with Gasteiger partial charge in [0.05, 0.1) is 29.7 Å². The number of halogens is 1. The minimum Gasteiger partial charge on any atom is -0.356 e. The number of piperidine rings is 1. The van der Waals surface area contributed by atoms with Crippen LogP contribution >= 0.6 is 12.4 Å². The van der Waals surface area contributed by atoms with E-state index < -0.39 is 0 Å². The second kappa shape index (κ2) is 10.7. The molecule has 8 nitrogen and oxygen atoms in total. The summed E-state index contributed by atoms with van der Waals surface area (Å²) < 4.78 is 7.65. The fraction of sp³-hybridized carbons (Fsp3) is 0.520. The molecule has 3 aromatic rings. The van der Waals surface area contributed by atoms with Crippen molar-refractivity contribution < 1.29 is 4.52 Å². The molecule has 1 atom stereocenters. The zero-order valence-corrected chi connectivity index (χ0v) is 20.9. The predicted octanol–water partition coefficient (Wildman–Crippen LogP) is 4.53. The van der Waals surface area contributed by atoms with Gasteiger partial charge in [-0.3, -0.25) is 9.58 Å². The Kier molecular flexibility index (Phi) is 7.68. The summed E-state index contributed by atoms with van der Waals surface area (Å²) in [6.07, 6.45) is 10.5. The molecule has 0 aliphatic carbocycles. The molecule has 0 aromatic carbocycles. The van der Waals surface area contributed by atoms with Crippen molar-refractivity contribution >= 4 is 18.4 Å². The zero-order chi connectivity index (χ0) is 22.8. The van der Waals surface area contributed by atoms with Crippen molar-refractivity contribution in [3.8, 4) is 11.3 Å². The van der Waals surface area contributed by atoms with E-state index in [1.165, 1.54) is 24.1 Å². The Morgan fingerprint density at radius 3 is 2.71 bits per heavy atom. The highest BCUT2D eigenvalue weighted by Gasteiger charge is 2.28. The zero-order valence-electron chi connectivity index (χ0n) is 20.1. The van der Waals surface area contributed by atoms with Crippen LogP contribution in [0.25, 0.3) is 11.3 Å². The molecule has 2 aliphatic rings. The Balaban J connectivity index is 0.00000274. The SMILES string of the molecule is C=CCn1ncc(CN2CCCC(c3nc(N4CCCC4)ncc3-c3cc(C)no3)C2)c1C.Cl. The van der Waals surface area contributed by atoms with Gasteiger partial charge in [-0.25, -0.2) is 9.97 Å². The van der Waals surface area contributed by atoms with Crippen LogP contribution in [0, 0.1) is 13.8 Å². The number of allylic oxidation sites excluding steroid dienone is 1. The van der Waals surface area contributed by atoms with Gasteiger partial charge in [0.15, 0.2) is 5.76 Å². The van der Waals surface area contributed by atoms with Crippen molar-refractivity contribution in [1.29, 1.82) is 0 Å². The second-order valence-corrected chi connectivity index (χ2v) is 9.30. The molecule has 1 unspecified atom stereocenters. The van der Waals surface area contributed by atoms with Crippen molar-refractivity contribution in [2.75, 3.05) is 31.1 Å². The Morgan fingerprint density at radius 2 is 1.97 bits per heavy atom. The quantitative estimate of drug-likeness (QED) is 0.457. The molecule has 0 spiro atoms. The van der Waals surface area contributed by atoms with Gasteiger partial charge < -0.3 is 9.42 Å². The molecule has 5 heterocycles. The highest BCUT2D eigenvalue weighted by Crippen LogP contribution is 2.35. The van der Waals surface area contributed by atoms with Crippen LogP contribution in [-0.2, 0) is 13.1 Å². The third-order valence-corrected chi connectivity index (χ3v) is 6.88. The lowest BCUT2D eigenvalue weighted by atomic mass is 9.91. The van der Waals surface area contributed by atoms with E-state index in [4.69, 9.17) is 14.5 Å². The van der Waals surface area contributed by atoms with Crippen LogP contribution in [0.3, 0.4) is 0 Å². The Morgan fingerprint density at radius 1 is 1.15 bits per heavy atom. The monoisotopic (exact) mass is 483 g/mol. The molecule has 0 bridgehead atoms. The van der Waals surface area contributed by atoms with Gasteiger partial charge in [-0.15, -0.1) is 19.0 Å². The Bertz CT molecular complexity index is 1120.